The van der Waals surface area contributed by atoms with E-state index in [0.29, 0.717) is 5.56 Å². The quantitative estimate of drug-likeness (QED) is 0.167. The minimum atomic E-state index is 0.660. The van der Waals surface area contributed by atoms with Crippen molar-refractivity contribution in [1.82, 2.24) is 0 Å². The van der Waals surface area contributed by atoms with Gasteiger partial charge in [-0.15, -0.1) is 0 Å². The summed E-state index contributed by atoms with van der Waals surface area (Å²) in [6.45, 7) is 4.00. The van der Waals surface area contributed by atoms with Gasteiger partial charge in [-0.05, 0) is 106 Å². The molecule has 7 rings (SSSR count). The summed E-state index contributed by atoms with van der Waals surface area (Å²) < 4.78 is 0. The smallest absolute Gasteiger partial charge is 0.0991 e. The molecule has 3 nitrogen and oxygen atoms in total. The zero-order valence-electron chi connectivity index (χ0n) is 28.2. The Labute approximate surface area is 290 Å². The lowest BCUT2D eigenvalue weighted by Gasteiger charge is -2.26. The summed E-state index contributed by atoms with van der Waals surface area (Å²) in [5.74, 6) is 0. The van der Waals surface area contributed by atoms with E-state index in [4.69, 9.17) is 5.26 Å². The van der Waals surface area contributed by atoms with Crippen molar-refractivity contribution in [1.29, 1.82) is 5.26 Å². The maximum absolute atomic E-state index is 9.12. The molecule has 0 heterocycles. The van der Waals surface area contributed by atoms with Gasteiger partial charge in [0.05, 0.1) is 11.6 Å². The van der Waals surface area contributed by atoms with Crippen LogP contribution in [0.2, 0.25) is 0 Å². The van der Waals surface area contributed by atoms with E-state index in [0.717, 1.165) is 39.6 Å². The minimum Gasteiger partial charge on any atom is -0.345 e. The number of hydrogen-bond donors (Lipinski definition) is 0. The first-order valence-corrected chi connectivity index (χ1v) is 16.7. The van der Waals surface area contributed by atoms with Crippen LogP contribution in [0.4, 0.5) is 28.4 Å². The van der Waals surface area contributed by atoms with E-state index in [9.17, 15) is 0 Å². The van der Waals surface area contributed by atoms with Crippen molar-refractivity contribution >= 4 is 28.4 Å². The van der Waals surface area contributed by atoms with E-state index >= 15 is 0 Å². The number of nitriles is 1. The lowest BCUT2D eigenvalue weighted by atomic mass is 10.0. The van der Waals surface area contributed by atoms with Gasteiger partial charge in [0, 0.05) is 35.5 Å². The summed E-state index contributed by atoms with van der Waals surface area (Å²) in [5, 5.41) is 9.12. The van der Waals surface area contributed by atoms with E-state index in [1.165, 1.54) is 22.3 Å². The molecule has 0 fully saturated rings. The third-order valence-electron chi connectivity index (χ3n) is 8.56. The van der Waals surface area contributed by atoms with Crippen LogP contribution in [-0.2, 0) is 0 Å². The molecule has 7 aromatic rings. The van der Waals surface area contributed by atoms with Crippen molar-refractivity contribution in [3.05, 3.63) is 188 Å². The zero-order chi connectivity index (χ0) is 34.0. The van der Waals surface area contributed by atoms with Gasteiger partial charge in [-0.3, -0.25) is 0 Å². The number of benzene rings is 7. The average molecular weight is 634 g/mol. The van der Waals surface area contributed by atoms with Gasteiger partial charge in [0.25, 0.3) is 0 Å². The predicted molar refractivity (Wildman–Crippen MR) is 208 cm³/mol. The maximum atomic E-state index is 9.12. The Kier molecular flexibility index (Phi) is 10.3. The van der Waals surface area contributed by atoms with Crippen LogP contribution in [0.5, 0.6) is 0 Å². The molecule has 0 aliphatic heterocycles. The Morgan fingerprint density at radius 2 is 0.612 bits per heavy atom. The third kappa shape index (κ3) is 7.46. The molecule has 49 heavy (non-hydrogen) atoms. The summed E-state index contributed by atoms with van der Waals surface area (Å²) >= 11 is 0. The van der Waals surface area contributed by atoms with E-state index in [1.807, 2.05) is 57.3 Å². The van der Waals surface area contributed by atoms with Crippen LogP contribution in [-0.4, -0.2) is 7.05 Å². The summed E-state index contributed by atoms with van der Waals surface area (Å²) in [4.78, 5) is 4.43. The molecule has 0 saturated heterocycles. The van der Waals surface area contributed by atoms with Gasteiger partial charge in [-0.2, -0.15) is 5.26 Å². The molecule has 0 saturated carbocycles. The topological polar surface area (TPSA) is 30.3 Å². The Balaban J connectivity index is 0.00000205. The minimum absolute atomic E-state index is 0.660. The monoisotopic (exact) mass is 633 g/mol. The van der Waals surface area contributed by atoms with Crippen LogP contribution < -0.4 is 9.80 Å². The number of anilines is 5. The number of nitrogens with zero attached hydrogens (tertiary/aromatic N) is 3. The van der Waals surface area contributed by atoms with Crippen molar-refractivity contribution < 1.29 is 0 Å². The molecule has 0 radical (unpaired) electrons. The Morgan fingerprint density at radius 3 is 0.918 bits per heavy atom. The number of hydrogen-bond acceptors (Lipinski definition) is 3. The molecule has 3 heteroatoms. The second-order valence-electron chi connectivity index (χ2n) is 11.5. The van der Waals surface area contributed by atoms with Gasteiger partial charge in [-0.25, -0.2) is 0 Å². The van der Waals surface area contributed by atoms with Gasteiger partial charge in [0.15, 0.2) is 0 Å². The molecule has 0 N–H and O–H groups in total. The highest BCUT2D eigenvalue weighted by Crippen LogP contribution is 2.38. The lowest BCUT2D eigenvalue weighted by molar-refractivity contribution is 1.21. The van der Waals surface area contributed by atoms with Crippen molar-refractivity contribution in [3.8, 4) is 39.4 Å². The van der Waals surface area contributed by atoms with Crippen LogP contribution in [0.15, 0.2) is 182 Å². The van der Waals surface area contributed by atoms with Crippen LogP contribution in [0.25, 0.3) is 33.4 Å². The fraction of sp³-hybridized carbons (Fsp3) is 0.0652. The van der Waals surface area contributed by atoms with E-state index < -0.39 is 0 Å². The zero-order valence-corrected chi connectivity index (χ0v) is 28.2. The second kappa shape index (κ2) is 15.5. The molecule has 7 aromatic carbocycles. The average Bonchev–Trinajstić information content (AvgIpc) is 3.20. The molecule has 238 valence electrons. The van der Waals surface area contributed by atoms with Gasteiger partial charge in [-0.1, -0.05) is 123 Å². The van der Waals surface area contributed by atoms with E-state index in [1.54, 1.807) is 0 Å². The van der Waals surface area contributed by atoms with Gasteiger partial charge >= 0.3 is 0 Å². The van der Waals surface area contributed by atoms with E-state index in [2.05, 4.69) is 161 Å². The third-order valence-corrected chi connectivity index (χ3v) is 8.56. The van der Waals surface area contributed by atoms with Crippen molar-refractivity contribution in [2.24, 2.45) is 0 Å². The highest BCUT2D eigenvalue weighted by atomic mass is 15.1. The lowest BCUT2D eigenvalue weighted by Crippen LogP contribution is -2.10. The second-order valence-corrected chi connectivity index (χ2v) is 11.5. The van der Waals surface area contributed by atoms with Crippen LogP contribution in [0, 0.1) is 11.3 Å². The van der Waals surface area contributed by atoms with Gasteiger partial charge < -0.3 is 9.80 Å². The molecule has 0 aliphatic rings. The summed E-state index contributed by atoms with van der Waals surface area (Å²) in [6, 6.07) is 65.7. The molecule has 0 aliphatic carbocycles. The Morgan fingerprint density at radius 1 is 0.347 bits per heavy atom. The molecule has 0 spiro atoms. The Hall–Kier alpha value is -6.37. The van der Waals surface area contributed by atoms with E-state index in [-0.39, 0.29) is 0 Å². The molecular weight excluding hydrogens is 595 g/mol. The fourth-order valence-corrected chi connectivity index (χ4v) is 5.90. The fourth-order valence-electron chi connectivity index (χ4n) is 5.90. The largest absolute Gasteiger partial charge is 0.345 e. The van der Waals surface area contributed by atoms with Crippen molar-refractivity contribution in [2.45, 2.75) is 13.8 Å². The molecule has 0 bridgehead atoms. The van der Waals surface area contributed by atoms with Crippen LogP contribution >= 0.6 is 0 Å². The summed E-state index contributed by atoms with van der Waals surface area (Å²) in [5.41, 5.74) is 13.2. The predicted octanol–water partition coefficient (Wildman–Crippen LogP) is 12.8. The first kappa shape index (κ1) is 32.6. The van der Waals surface area contributed by atoms with Crippen LogP contribution in [0.1, 0.15) is 19.4 Å². The first-order chi connectivity index (χ1) is 24.2. The number of rotatable bonds is 8. The molecule has 0 amide bonds. The SMILES string of the molecule is CC.CN(c1ccc(C#N)cc1)c1ccc(-c2ccc(N(c3ccc(-c4ccccc4)cc3)c3ccc(-c4ccccc4)cc3)cc2)cc1. The Bertz CT molecular complexity index is 2010. The van der Waals surface area contributed by atoms with Crippen LogP contribution in [0.3, 0.4) is 0 Å². The van der Waals surface area contributed by atoms with Crippen molar-refractivity contribution in [2.75, 3.05) is 16.8 Å². The maximum Gasteiger partial charge on any atom is 0.0991 e. The molecule has 0 atom stereocenters. The van der Waals surface area contributed by atoms with Crippen molar-refractivity contribution in [3.63, 3.8) is 0 Å². The molecule has 0 unspecified atom stereocenters. The van der Waals surface area contributed by atoms with Gasteiger partial charge in [0.2, 0.25) is 0 Å². The van der Waals surface area contributed by atoms with Gasteiger partial charge in [0.1, 0.15) is 0 Å². The highest BCUT2D eigenvalue weighted by molar-refractivity contribution is 5.81. The molecular formula is C46H39N3. The summed E-state index contributed by atoms with van der Waals surface area (Å²) in [7, 11) is 2.04. The summed E-state index contributed by atoms with van der Waals surface area (Å²) in [6.07, 6.45) is 0. The molecule has 0 aromatic heterocycles. The normalized spacial score (nSPS) is 10.3. The highest BCUT2D eigenvalue weighted by Gasteiger charge is 2.14. The standard InChI is InChI=1S/C44H33N3.C2H6/c1-46(40-22-12-33(32-45)13-23-40)41-24-14-38(15-25-41)39-20-30-44(31-21-39)47(42-26-16-36(17-27-42)34-8-4-2-5-9-34)43-28-18-37(19-29-43)35-10-6-3-7-11-35;1-2/h2-31H,1H3;1-2H3. The first-order valence-electron chi connectivity index (χ1n) is 16.7.